The smallest absolute Gasteiger partial charge is 0.406 e. The van der Waals surface area contributed by atoms with Gasteiger partial charge in [0.05, 0.1) is 0 Å². The van der Waals surface area contributed by atoms with Gasteiger partial charge in [0.2, 0.25) is 0 Å². The summed E-state index contributed by atoms with van der Waals surface area (Å²) < 4.78 is 36.8. The van der Waals surface area contributed by atoms with Gasteiger partial charge in [-0.1, -0.05) is 6.92 Å². The topological polar surface area (TPSA) is 69.6 Å². The number of carbonyl (C=O) groups excluding carboxylic acids is 1. The zero-order valence-electron chi connectivity index (χ0n) is 10.5. The maximum atomic E-state index is 12.3. The number of carbonyl (C=O) groups is 2. The van der Waals surface area contributed by atoms with Gasteiger partial charge in [-0.05, 0) is 25.2 Å². The van der Waals surface area contributed by atoms with Crippen LogP contribution in [0.25, 0.3) is 0 Å². The largest absolute Gasteiger partial charge is 0.480 e. The molecule has 19 heavy (non-hydrogen) atoms. The average molecular weight is 282 g/mol. The van der Waals surface area contributed by atoms with Gasteiger partial charge in [0, 0.05) is 6.04 Å². The van der Waals surface area contributed by atoms with Crippen LogP contribution in [0.3, 0.4) is 0 Å². The number of nitrogens with one attached hydrogen (secondary N) is 1. The Morgan fingerprint density at radius 3 is 2.42 bits per heavy atom. The van der Waals surface area contributed by atoms with Gasteiger partial charge in [0.1, 0.15) is 13.1 Å². The number of hydrogen-bond donors (Lipinski definition) is 2. The molecule has 2 amide bonds. The number of carboxylic acids is 1. The molecule has 2 atom stereocenters. The van der Waals surface area contributed by atoms with Crippen molar-refractivity contribution in [3.8, 4) is 0 Å². The standard InChI is InChI=1S/C11H17F3N2O3/c1-7-2-3-8(4-7)15-10(19)16(5-9(17)18)6-11(12,13)14/h7-8H,2-6H2,1H3,(H,15,19)(H,17,18). The van der Waals surface area contributed by atoms with Crippen molar-refractivity contribution < 1.29 is 27.9 Å². The summed E-state index contributed by atoms with van der Waals surface area (Å²) in [5.74, 6) is -1.06. The van der Waals surface area contributed by atoms with Crippen molar-refractivity contribution in [2.75, 3.05) is 13.1 Å². The highest BCUT2D eigenvalue weighted by atomic mass is 19.4. The van der Waals surface area contributed by atoms with Gasteiger partial charge in [-0.25, -0.2) is 4.79 Å². The molecule has 8 heteroatoms. The number of carboxylic acid groups (broad SMARTS) is 1. The van der Waals surface area contributed by atoms with Crippen molar-refractivity contribution in [1.29, 1.82) is 0 Å². The minimum atomic E-state index is -4.62. The van der Waals surface area contributed by atoms with E-state index in [9.17, 15) is 22.8 Å². The molecule has 0 aromatic carbocycles. The summed E-state index contributed by atoms with van der Waals surface area (Å²) in [6.45, 7) is -0.530. The first kappa shape index (κ1) is 15.6. The van der Waals surface area contributed by atoms with Crippen molar-refractivity contribution in [2.24, 2.45) is 5.92 Å². The average Bonchev–Trinajstić information content (AvgIpc) is 2.60. The van der Waals surface area contributed by atoms with Crippen molar-refractivity contribution >= 4 is 12.0 Å². The molecule has 0 radical (unpaired) electrons. The molecule has 0 heterocycles. The van der Waals surface area contributed by atoms with Crippen LogP contribution in [0.1, 0.15) is 26.2 Å². The van der Waals surface area contributed by atoms with Crippen LogP contribution in [0.15, 0.2) is 0 Å². The van der Waals surface area contributed by atoms with Crippen LogP contribution in [-0.2, 0) is 4.79 Å². The first-order chi connectivity index (χ1) is 8.67. The van der Waals surface area contributed by atoms with Crippen LogP contribution < -0.4 is 5.32 Å². The third kappa shape index (κ3) is 5.80. The van der Waals surface area contributed by atoms with Crippen LogP contribution in [0.4, 0.5) is 18.0 Å². The van der Waals surface area contributed by atoms with E-state index in [0.29, 0.717) is 18.8 Å². The lowest BCUT2D eigenvalue weighted by atomic mass is 10.1. The van der Waals surface area contributed by atoms with E-state index in [1.807, 2.05) is 6.92 Å². The molecule has 0 saturated heterocycles. The van der Waals surface area contributed by atoms with Gasteiger partial charge in [-0.2, -0.15) is 13.2 Å². The van der Waals surface area contributed by atoms with Crippen molar-refractivity contribution in [3.05, 3.63) is 0 Å². The van der Waals surface area contributed by atoms with Crippen LogP contribution >= 0.6 is 0 Å². The van der Waals surface area contributed by atoms with Crippen LogP contribution in [0, 0.1) is 5.92 Å². The molecule has 0 bridgehead atoms. The first-order valence-corrected chi connectivity index (χ1v) is 6.01. The van der Waals surface area contributed by atoms with Crippen LogP contribution in [-0.4, -0.2) is 47.3 Å². The Morgan fingerprint density at radius 2 is 2.00 bits per heavy atom. The van der Waals surface area contributed by atoms with Crippen molar-refractivity contribution in [2.45, 2.75) is 38.4 Å². The molecule has 1 aliphatic rings. The third-order valence-corrected chi connectivity index (χ3v) is 3.01. The number of urea groups is 1. The fraction of sp³-hybridized carbons (Fsp3) is 0.818. The molecular formula is C11H17F3N2O3. The molecule has 110 valence electrons. The van der Waals surface area contributed by atoms with E-state index >= 15 is 0 Å². The molecule has 1 aliphatic carbocycles. The Labute approximate surface area is 108 Å². The normalized spacial score (nSPS) is 23.2. The Balaban J connectivity index is 2.58. The van der Waals surface area contributed by atoms with Gasteiger partial charge >= 0.3 is 18.2 Å². The summed E-state index contributed by atoms with van der Waals surface area (Å²) in [6, 6.07) is -1.15. The molecule has 5 nitrogen and oxygen atoms in total. The molecule has 0 aromatic rings. The van der Waals surface area contributed by atoms with Gasteiger partial charge in [0.15, 0.2) is 0 Å². The maximum absolute atomic E-state index is 12.3. The van der Waals surface area contributed by atoms with E-state index in [0.717, 1.165) is 6.42 Å². The minimum Gasteiger partial charge on any atom is -0.480 e. The third-order valence-electron chi connectivity index (χ3n) is 3.01. The van der Waals surface area contributed by atoms with E-state index in [1.165, 1.54) is 0 Å². The molecule has 2 unspecified atom stereocenters. The molecule has 0 aromatic heterocycles. The summed E-state index contributed by atoms with van der Waals surface area (Å²) in [5.41, 5.74) is 0. The van der Waals surface area contributed by atoms with Crippen LogP contribution in [0.2, 0.25) is 0 Å². The molecule has 1 rings (SSSR count). The molecular weight excluding hydrogens is 265 g/mol. The second kappa shape index (κ2) is 6.12. The molecule has 1 fully saturated rings. The predicted octanol–water partition coefficient (Wildman–Crippen LogP) is 1.83. The molecule has 2 N–H and O–H groups in total. The molecule has 0 aliphatic heterocycles. The molecule has 0 spiro atoms. The Bertz CT molecular complexity index is 347. The number of aliphatic carboxylic acids is 1. The summed E-state index contributed by atoms with van der Waals surface area (Å²) in [4.78, 5) is 22.4. The SMILES string of the molecule is CC1CCC(NC(=O)N(CC(=O)O)CC(F)(F)F)C1. The zero-order valence-corrected chi connectivity index (χ0v) is 10.5. The van der Waals surface area contributed by atoms with Gasteiger partial charge in [-0.15, -0.1) is 0 Å². The van der Waals surface area contributed by atoms with Crippen molar-refractivity contribution in [1.82, 2.24) is 10.2 Å². The van der Waals surface area contributed by atoms with E-state index in [2.05, 4.69) is 5.32 Å². The highest BCUT2D eigenvalue weighted by molar-refractivity contribution is 5.80. The quantitative estimate of drug-likeness (QED) is 0.826. The summed E-state index contributed by atoms with van der Waals surface area (Å²) >= 11 is 0. The lowest BCUT2D eigenvalue weighted by Gasteiger charge is -2.24. The highest BCUT2D eigenvalue weighted by Crippen LogP contribution is 2.25. The number of hydrogen-bond acceptors (Lipinski definition) is 2. The van der Waals surface area contributed by atoms with Gasteiger partial charge in [0.25, 0.3) is 0 Å². The predicted molar refractivity (Wildman–Crippen MR) is 60.6 cm³/mol. The highest BCUT2D eigenvalue weighted by Gasteiger charge is 2.35. The van der Waals surface area contributed by atoms with Gasteiger partial charge in [-0.3, -0.25) is 4.79 Å². The number of alkyl halides is 3. The second-order valence-electron chi connectivity index (χ2n) is 4.93. The second-order valence-corrected chi connectivity index (χ2v) is 4.93. The Kier molecular flexibility index (Phi) is 5.02. The summed E-state index contributed by atoms with van der Waals surface area (Å²) in [6.07, 6.45) is -2.29. The number of amides is 2. The van der Waals surface area contributed by atoms with Gasteiger partial charge < -0.3 is 15.3 Å². The molecule has 1 saturated carbocycles. The first-order valence-electron chi connectivity index (χ1n) is 6.01. The fourth-order valence-electron chi connectivity index (χ4n) is 2.18. The minimum absolute atomic E-state index is 0.174. The Morgan fingerprint density at radius 1 is 1.37 bits per heavy atom. The number of rotatable bonds is 4. The lowest BCUT2D eigenvalue weighted by molar-refractivity contribution is -0.149. The van der Waals surface area contributed by atoms with E-state index in [4.69, 9.17) is 5.11 Å². The van der Waals surface area contributed by atoms with E-state index in [-0.39, 0.29) is 10.9 Å². The summed E-state index contributed by atoms with van der Waals surface area (Å²) in [5, 5.41) is 11.0. The van der Waals surface area contributed by atoms with E-state index < -0.39 is 31.3 Å². The number of halogens is 3. The van der Waals surface area contributed by atoms with E-state index in [1.54, 1.807) is 0 Å². The monoisotopic (exact) mass is 282 g/mol. The zero-order chi connectivity index (χ0) is 14.6. The number of nitrogens with zero attached hydrogens (tertiary/aromatic N) is 1. The lowest BCUT2D eigenvalue weighted by Crippen LogP contribution is -2.49. The van der Waals surface area contributed by atoms with Crippen LogP contribution in [0.5, 0.6) is 0 Å². The maximum Gasteiger partial charge on any atom is 0.406 e. The fourth-order valence-corrected chi connectivity index (χ4v) is 2.18. The Hall–Kier alpha value is -1.47. The summed E-state index contributed by atoms with van der Waals surface area (Å²) in [7, 11) is 0. The van der Waals surface area contributed by atoms with Crippen molar-refractivity contribution in [3.63, 3.8) is 0 Å².